The molecule has 182 valence electrons. The first kappa shape index (κ1) is 24.5. The number of aromatic nitrogens is 1. The Hall–Kier alpha value is -3.16. The number of aromatic carboxylic acids is 1. The zero-order valence-corrected chi connectivity index (χ0v) is 21.4. The molecule has 3 aromatic carbocycles. The van der Waals surface area contributed by atoms with Crippen LogP contribution in [0.3, 0.4) is 0 Å². The van der Waals surface area contributed by atoms with Crippen LogP contribution in [0, 0.1) is 0 Å². The summed E-state index contributed by atoms with van der Waals surface area (Å²) in [5.74, 6) is -0.170. The Balaban J connectivity index is 1.18. The van der Waals surface area contributed by atoms with Gasteiger partial charge in [-0.15, -0.1) is 11.3 Å². The van der Waals surface area contributed by atoms with Crippen LogP contribution in [0.5, 0.6) is 5.75 Å². The maximum atomic E-state index is 11.0. The number of thiophene rings is 1. The molecule has 2 aromatic heterocycles. The molecule has 0 spiro atoms. The molecule has 36 heavy (non-hydrogen) atoms. The number of pyridine rings is 1. The predicted octanol–water partition coefficient (Wildman–Crippen LogP) is 7.79. The monoisotopic (exact) mass is 537 g/mol. The van der Waals surface area contributed by atoms with Crippen molar-refractivity contribution in [3.05, 3.63) is 105 Å². The summed E-state index contributed by atoms with van der Waals surface area (Å²) in [6, 6.07) is 23.0. The first-order valence-electron chi connectivity index (χ1n) is 11.3. The van der Waals surface area contributed by atoms with Crippen molar-refractivity contribution in [1.29, 1.82) is 0 Å². The molecule has 1 N–H and O–H groups in total. The fourth-order valence-electron chi connectivity index (χ4n) is 3.85. The van der Waals surface area contributed by atoms with Crippen LogP contribution in [-0.4, -0.2) is 22.7 Å². The molecule has 0 unspecified atom stereocenters. The van der Waals surface area contributed by atoms with Crippen molar-refractivity contribution in [3.63, 3.8) is 0 Å². The number of benzene rings is 3. The van der Waals surface area contributed by atoms with Gasteiger partial charge in [-0.2, -0.15) is 0 Å². The lowest BCUT2D eigenvalue weighted by atomic mass is 10.1. The number of fused-ring (bicyclic) bond motifs is 2. The lowest BCUT2D eigenvalue weighted by molar-refractivity contribution is 0.0697. The molecule has 0 fully saturated rings. The van der Waals surface area contributed by atoms with E-state index in [0.29, 0.717) is 41.1 Å². The number of hydrogen-bond acceptors (Lipinski definition) is 5. The molecule has 0 aliphatic heterocycles. The second-order valence-electron chi connectivity index (χ2n) is 8.28. The Morgan fingerprint density at radius 1 is 0.889 bits per heavy atom. The lowest BCUT2D eigenvalue weighted by Gasteiger charge is -2.09. The third-order valence-electron chi connectivity index (χ3n) is 5.76. The first-order chi connectivity index (χ1) is 17.5. The van der Waals surface area contributed by atoms with Gasteiger partial charge in [-0.3, -0.25) is 0 Å². The van der Waals surface area contributed by atoms with E-state index in [9.17, 15) is 4.79 Å². The third kappa shape index (κ3) is 5.63. The van der Waals surface area contributed by atoms with Gasteiger partial charge in [-0.05, 0) is 70.8 Å². The summed E-state index contributed by atoms with van der Waals surface area (Å²) in [7, 11) is 0. The van der Waals surface area contributed by atoms with Crippen LogP contribution in [0.2, 0.25) is 9.36 Å². The van der Waals surface area contributed by atoms with E-state index < -0.39 is 5.97 Å². The molecule has 5 nitrogen and oxygen atoms in total. The third-order valence-corrected chi connectivity index (χ3v) is 7.69. The maximum absolute atomic E-state index is 11.0. The summed E-state index contributed by atoms with van der Waals surface area (Å²) in [6.45, 7) is 1.36. The molecule has 0 atom stereocenters. The molecule has 5 rings (SSSR count). The zero-order valence-electron chi connectivity index (χ0n) is 19.0. The highest BCUT2D eigenvalue weighted by Crippen LogP contribution is 2.37. The molecule has 0 bridgehead atoms. The number of carboxylic acid groups (broad SMARTS) is 1. The van der Waals surface area contributed by atoms with Crippen LogP contribution in [0.4, 0.5) is 0 Å². The van der Waals surface area contributed by atoms with Crippen molar-refractivity contribution in [1.82, 2.24) is 4.98 Å². The fraction of sp³-hybridized carbons (Fsp3) is 0.143. The quantitative estimate of drug-likeness (QED) is 0.194. The second kappa shape index (κ2) is 10.8. The van der Waals surface area contributed by atoms with Crippen LogP contribution in [0.15, 0.2) is 72.8 Å². The fourth-order valence-corrected chi connectivity index (χ4v) is 5.26. The average molecular weight is 538 g/mol. The van der Waals surface area contributed by atoms with E-state index in [4.69, 9.17) is 37.8 Å². The van der Waals surface area contributed by atoms with Gasteiger partial charge in [0.2, 0.25) is 0 Å². The van der Waals surface area contributed by atoms with Gasteiger partial charge in [0.05, 0.1) is 34.2 Å². The number of rotatable bonds is 9. The molecule has 0 aliphatic rings. The minimum atomic E-state index is -0.922. The van der Waals surface area contributed by atoms with Crippen molar-refractivity contribution in [2.24, 2.45) is 0 Å². The van der Waals surface area contributed by atoms with Crippen LogP contribution in [-0.2, 0) is 24.4 Å². The Morgan fingerprint density at radius 3 is 2.47 bits per heavy atom. The van der Waals surface area contributed by atoms with Crippen molar-refractivity contribution in [2.75, 3.05) is 6.61 Å². The first-order valence-corrected chi connectivity index (χ1v) is 12.8. The minimum absolute atomic E-state index is 0.285. The summed E-state index contributed by atoms with van der Waals surface area (Å²) in [6.07, 6.45) is 0.716. The number of hydrogen-bond donors (Lipinski definition) is 1. The highest BCUT2D eigenvalue weighted by molar-refractivity contribution is 7.23. The van der Waals surface area contributed by atoms with E-state index in [0.717, 1.165) is 38.0 Å². The number of ether oxygens (including phenoxy) is 2. The van der Waals surface area contributed by atoms with Gasteiger partial charge in [0, 0.05) is 0 Å². The summed E-state index contributed by atoms with van der Waals surface area (Å²) >= 11 is 13.8. The van der Waals surface area contributed by atoms with Crippen molar-refractivity contribution < 1.29 is 19.4 Å². The van der Waals surface area contributed by atoms with E-state index in [1.807, 2.05) is 42.5 Å². The summed E-state index contributed by atoms with van der Waals surface area (Å²) in [5, 5.41) is 11.7. The van der Waals surface area contributed by atoms with Gasteiger partial charge >= 0.3 is 5.97 Å². The molecule has 8 heteroatoms. The van der Waals surface area contributed by atoms with Crippen LogP contribution >= 0.6 is 34.5 Å². The maximum Gasteiger partial charge on any atom is 0.335 e. The van der Waals surface area contributed by atoms with E-state index >= 15 is 0 Å². The van der Waals surface area contributed by atoms with Gasteiger partial charge in [0.1, 0.15) is 22.2 Å². The number of carboxylic acids is 1. The van der Waals surface area contributed by atoms with Crippen molar-refractivity contribution in [3.8, 4) is 5.75 Å². The van der Waals surface area contributed by atoms with E-state index in [1.165, 1.54) is 11.3 Å². The Labute approximate surface area is 221 Å². The highest BCUT2D eigenvalue weighted by atomic mass is 35.5. The van der Waals surface area contributed by atoms with Gasteiger partial charge in [0.25, 0.3) is 0 Å². The van der Waals surface area contributed by atoms with E-state index in [-0.39, 0.29) is 5.56 Å². The average Bonchev–Trinajstić information content (AvgIpc) is 3.18. The Bertz CT molecular complexity index is 1550. The standard InChI is InChI=1S/C28H21Cl2NO4S/c29-25-26-24(36-27(25)30)10-8-22(31-26)16-35-23-9-7-19-4-3-18(13-21(19)14-23)15-34-12-11-17-1-5-20(6-2-17)28(32)33/h1-10,13-14H,11-12,15-16H2,(H,32,33). The lowest BCUT2D eigenvalue weighted by Crippen LogP contribution is -2.01. The number of carbonyl (C=O) groups is 1. The number of nitrogens with zero attached hydrogens (tertiary/aromatic N) is 1. The van der Waals surface area contributed by atoms with E-state index in [1.54, 1.807) is 12.1 Å². The Kier molecular flexibility index (Phi) is 7.39. The zero-order chi connectivity index (χ0) is 25.1. The predicted molar refractivity (Wildman–Crippen MR) is 145 cm³/mol. The van der Waals surface area contributed by atoms with Crippen LogP contribution in [0.25, 0.3) is 21.0 Å². The minimum Gasteiger partial charge on any atom is -0.487 e. The molecule has 5 aromatic rings. The Morgan fingerprint density at radius 2 is 1.67 bits per heavy atom. The molecular weight excluding hydrogens is 517 g/mol. The van der Waals surface area contributed by atoms with Crippen LogP contribution in [0.1, 0.15) is 27.2 Å². The summed E-state index contributed by atoms with van der Waals surface area (Å²) < 4.78 is 13.4. The topological polar surface area (TPSA) is 68.7 Å². The SMILES string of the molecule is O=C(O)c1ccc(CCOCc2ccc3ccc(OCc4ccc5sc(Cl)c(Cl)c5n4)cc3c2)cc1. The largest absolute Gasteiger partial charge is 0.487 e. The second-order valence-corrected chi connectivity index (χ2v) is 10.3. The van der Waals surface area contributed by atoms with E-state index in [2.05, 4.69) is 23.2 Å². The molecule has 0 amide bonds. The molecule has 2 heterocycles. The van der Waals surface area contributed by atoms with Crippen LogP contribution < -0.4 is 4.74 Å². The molecule has 0 aliphatic carbocycles. The van der Waals surface area contributed by atoms with Gasteiger partial charge < -0.3 is 14.6 Å². The van der Waals surface area contributed by atoms with Gasteiger partial charge in [0.15, 0.2) is 0 Å². The number of halogens is 2. The molecule has 0 saturated heterocycles. The van der Waals surface area contributed by atoms with Crippen molar-refractivity contribution in [2.45, 2.75) is 19.6 Å². The normalized spacial score (nSPS) is 11.3. The molecule has 0 saturated carbocycles. The molecular formula is C28H21Cl2NO4S. The highest BCUT2D eigenvalue weighted by Gasteiger charge is 2.11. The van der Waals surface area contributed by atoms with Gasteiger partial charge in [-0.1, -0.05) is 53.5 Å². The van der Waals surface area contributed by atoms with Crippen molar-refractivity contribution >= 4 is 61.5 Å². The smallest absolute Gasteiger partial charge is 0.335 e. The van der Waals surface area contributed by atoms with Gasteiger partial charge in [-0.25, -0.2) is 9.78 Å². The summed E-state index contributed by atoms with van der Waals surface area (Å²) in [5.41, 5.74) is 3.87. The summed E-state index contributed by atoms with van der Waals surface area (Å²) in [4.78, 5) is 15.5. The molecule has 0 radical (unpaired) electrons.